The molecule has 3 amide bonds. The van der Waals surface area contributed by atoms with Gasteiger partial charge in [-0.25, -0.2) is 0 Å². The van der Waals surface area contributed by atoms with Crippen molar-refractivity contribution in [1.82, 2.24) is 16.0 Å². The van der Waals surface area contributed by atoms with E-state index in [4.69, 9.17) is 11.5 Å². The lowest BCUT2D eigenvalue weighted by atomic mass is 9.98. The maximum Gasteiger partial charge on any atom is 0.237 e. The van der Waals surface area contributed by atoms with Gasteiger partial charge in [-0.05, 0) is 71.0 Å². The first-order valence-corrected chi connectivity index (χ1v) is 14.5. The molecule has 0 aliphatic rings. The van der Waals surface area contributed by atoms with Gasteiger partial charge in [0.05, 0.1) is 18.6 Å². The zero-order valence-electron chi connectivity index (χ0n) is 22.5. The number of carbonyl (C=O) groups is 3. The number of amides is 3. The van der Waals surface area contributed by atoms with Gasteiger partial charge in [0.15, 0.2) is 0 Å². The first-order chi connectivity index (χ1) is 19.4. The summed E-state index contributed by atoms with van der Waals surface area (Å²) >= 11 is 1.67. The van der Waals surface area contributed by atoms with Crippen molar-refractivity contribution in [2.75, 3.05) is 19.6 Å². The summed E-state index contributed by atoms with van der Waals surface area (Å²) in [6, 6.07) is 21.2. The summed E-state index contributed by atoms with van der Waals surface area (Å²) in [4.78, 5) is 36.5. The fraction of sp³-hybridized carbons (Fsp3) is 0.323. The number of nitrogens with two attached hydrogens (primary N) is 2. The van der Waals surface area contributed by atoms with E-state index in [0.29, 0.717) is 25.9 Å². The molecule has 0 aliphatic heterocycles. The van der Waals surface area contributed by atoms with Crippen LogP contribution in [0.4, 0.5) is 0 Å². The number of primary amides is 1. The van der Waals surface area contributed by atoms with Gasteiger partial charge in [-0.15, -0.1) is 11.3 Å². The highest BCUT2D eigenvalue weighted by Gasteiger charge is 2.20. The van der Waals surface area contributed by atoms with Gasteiger partial charge in [0, 0.05) is 11.2 Å². The molecule has 0 bridgehead atoms. The number of rotatable bonds is 15. The molecule has 0 saturated carbocycles. The number of nitrogens with one attached hydrogen (secondary N) is 3. The smallest absolute Gasteiger partial charge is 0.237 e. The predicted molar refractivity (Wildman–Crippen MR) is 162 cm³/mol. The molecule has 40 heavy (non-hydrogen) atoms. The summed E-state index contributed by atoms with van der Waals surface area (Å²) in [5.74, 6) is -0.983. The van der Waals surface area contributed by atoms with E-state index in [0.717, 1.165) is 46.5 Å². The Balaban J connectivity index is 1.20. The number of thiophene rings is 1. The number of fused-ring (bicyclic) bond motifs is 2. The highest BCUT2D eigenvalue weighted by Crippen LogP contribution is 2.26. The van der Waals surface area contributed by atoms with Crippen LogP contribution in [-0.2, 0) is 27.2 Å². The van der Waals surface area contributed by atoms with Crippen LogP contribution in [0.1, 0.15) is 30.4 Å². The van der Waals surface area contributed by atoms with Gasteiger partial charge in [-0.3, -0.25) is 14.4 Å². The second kappa shape index (κ2) is 14.6. The summed E-state index contributed by atoms with van der Waals surface area (Å²) in [6.45, 7) is 0.977. The molecule has 0 saturated heterocycles. The molecular formula is C31H37N5O3S. The van der Waals surface area contributed by atoms with E-state index in [2.05, 4.69) is 33.5 Å². The van der Waals surface area contributed by atoms with E-state index in [9.17, 15) is 14.4 Å². The van der Waals surface area contributed by atoms with Crippen molar-refractivity contribution in [3.05, 3.63) is 83.2 Å². The molecule has 4 rings (SSSR count). The van der Waals surface area contributed by atoms with E-state index >= 15 is 0 Å². The maximum absolute atomic E-state index is 12.8. The fourth-order valence-electron chi connectivity index (χ4n) is 4.81. The molecule has 8 nitrogen and oxygen atoms in total. The highest BCUT2D eigenvalue weighted by atomic mass is 32.1. The average Bonchev–Trinajstić information content (AvgIpc) is 3.37. The summed E-state index contributed by atoms with van der Waals surface area (Å²) in [5, 5.41) is 14.4. The van der Waals surface area contributed by atoms with Crippen LogP contribution in [0.3, 0.4) is 0 Å². The highest BCUT2D eigenvalue weighted by molar-refractivity contribution is 7.17. The second-order valence-electron chi connectivity index (χ2n) is 9.95. The summed E-state index contributed by atoms with van der Waals surface area (Å²) in [7, 11) is 0. The zero-order chi connectivity index (χ0) is 28.3. The molecule has 4 aromatic rings. The third kappa shape index (κ3) is 8.11. The van der Waals surface area contributed by atoms with Crippen molar-refractivity contribution in [3.8, 4) is 0 Å². The van der Waals surface area contributed by atoms with E-state index in [1.807, 2.05) is 54.6 Å². The molecule has 0 radical (unpaired) electrons. The first kappa shape index (κ1) is 29.2. The Kier molecular flexibility index (Phi) is 10.6. The number of benzene rings is 3. The van der Waals surface area contributed by atoms with Gasteiger partial charge in [0.25, 0.3) is 0 Å². The predicted octanol–water partition coefficient (Wildman–Crippen LogP) is 3.01. The monoisotopic (exact) mass is 559 g/mol. The molecule has 0 fully saturated rings. The quantitative estimate of drug-likeness (QED) is 0.143. The standard InChI is InChI=1S/C31H37N5O3S/c32-26(17-23-20-40-28-14-5-4-13-25(23)28)30(38)35-16-7-1-6-15-34-27(31(39)36-19-29(33)37)18-22-11-8-10-21-9-2-3-12-24(21)22/h2-5,8-14,20,26-27,34H,1,6-7,15-19,32H2,(H2,33,37)(H,35,38)(H,36,39)/t26-,27-/m1/s1. The van der Waals surface area contributed by atoms with Crippen molar-refractivity contribution in [2.24, 2.45) is 11.5 Å². The Morgan fingerprint density at radius 2 is 1.48 bits per heavy atom. The molecule has 7 N–H and O–H groups in total. The fourth-order valence-corrected chi connectivity index (χ4v) is 5.79. The molecule has 1 heterocycles. The van der Waals surface area contributed by atoms with Crippen LogP contribution in [-0.4, -0.2) is 49.4 Å². The van der Waals surface area contributed by atoms with Crippen LogP contribution >= 0.6 is 11.3 Å². The van der Waals surface area contributed by atoms with Crippen LogP contribution in [0.25, 0.3) is 20.9 Å². The van der Waals surface area contributed by atoms with Crippen LogP contribution in [0.15, 0.2) is 72.1 Å². The van der Waals surface area contributed by atoms with E-state index in [-0.39, 0.29) is 18.4 Å². The molecule has 9 heteroatoms. The molecule has 0 aliphatic carbocycles. The molecular weight excluding hydrogens is 522 g/mol. The Bertz CT molecular complexity index is 1450. The number of hydrogen-bond acceptors (Lipinski definition) is 6. The van der Waals surface area contributed by atoms with E-state index < -0.39 is 18.0 Å². The normalized spacial score (nSPS) is 12.7. The van der Waals surface area contributed by atoms with Gasteiger partial charge in [-0.2, -0.15) is 0 Å². The van der Waals surface area contributed by atoms with Crippen molar-refractivity contribution in [2.45, 2.75) is 44.2 Å². The summed E-state index contributed by atoms with van der Waals surface area (Å²) < 4.78 is 1.20. The topological polar surface area (TPSA) is 139 Å². The lowest BCUT2D eigenvalue weighted by Gasteiger charge is -2.19. The van der Waals surface area contributed by atoms with Gasteiger partial charge < -0.3 is 27.4 Å². The Morgan fingerprint density at radius 1 is 0.750 bits per heavy atom. The minimum absolute atomic E-state index is 0.144. The first-order valence-electron chi connectivity index (χ1n) is 13.7. The van der Waals surface area contributed by atoms with Crippen molar-refractivity contribution < 1.29 is 14.4 Å². The maximum atomic E-state index is 12.8. The van der Waals surface area contributed by atoms with E-state index in [1.165, 1.54) is 4.70 Å². The van der Waals surface area contributed by atoms with Gasteiger partial charge in [0.2, 0.25) is 17.7 Å². The Hall–Kier alpha value is -3.79. The van der Waals surface area contributed by atoms with Crippen molar-refractivity contribution in [1.29, 1.82) is 0 Å². The number of carbonyl (C=O) groups excluding carboxylic acids is 3. The minimum atomic E-state index is -0.589. The third-order valence-electron chi connectivity index (χ3n) is 6.94. The van der Waals surface area contributed by atoms with Gasteiger partial charge in [-0.1, -0.05) is 67.1 Å². The Morgan fingerprint density at radius 3 is 2.30 bits per heavy atom. The van der Waals surface area contributed by atoms with E-state index in [1.54, 1.807) is 11.3 Å². The van der Waals surface area contributed by atoms with Crippen LogP contribution in [0.2, 0.25) is 0 Å². The third-order valence-corrected chi connectivity index (χ3v) is 7.95. The summed E-state index contributed by atoms with van der Waals surface area (Å²) in [5.41, 5.74) is 13.6. The zero-order valence-corrected chi connectivity index (χ0v) is 23.3. The molecule has 210 valence electrons. The van der Waals surface area contributed by atoms with Crippen LogP contribution < -0.4 is 27.4 Å². The van der Waals surface area contributed by atoms with Crippen molar-refractivity contribution in [3.63, 3.8) is 0 Å². The molecule has 2 atom stereocenters. The molecule has 0 unspecified atom stereocenters. The lowest BCUT2D eigenvalue weighted by Crippen LogP contribution is -2.48. The SMILES string of the molecule is NC(=O)CNC(=O)[C@@H](Cc1cccc2ccccc12)NCCCCCNC(=O)[C@H](N)Cc1csc2ccccc12. The van der Waals surface area contributed by atoms with Crippen LogP contribution in [0, 0.1) is 0 Å². The van der Waals surface area contributed by atoms with Crippen molar-refractivity contribution >= 4 is 49.9 Å². The molecule has 3 aromatic carbocycles. The average molecular weight is 560 g/mol. The van der Waals surface area contributed by atoms with Gasteiger partial charge in [0.1, 0.15) is 0 Å². The number of unbranched alkanes of at least 4 members (excludes halogenated alkanes) is 2. The lowest BCUT2D eigenvalue weighted by molar-refractivity contribution is -0.126. The van der Waals surface area contributed by atoms with Gasteiger partial charge >= 0.3 is 0 Å². The minimum Gasteiger partial charge on any atom is -0.368 e. The summed E-state index contributed by atoms with van der Waals surface area (Å²) in [6.07, 6.45) is 3.51. The van der Waals surface area contributed by atoms with Crippen LogP contribution in [0.5, 0.6) is 0 Å². The molecule has 1 aromatic heterocycles. The molecule has 0 spiro atoms. The second-order valence-corrected chi connectivity index (χ2v) is 10.9. The Labute approximate surface area is 238 Å². The largest absolute Gasteiger partial charge is 0.368 e. The number of hydrogen-bond donors (Lipinski definition) is 5.